The Labute approximate surface area is 102 Å². The summed E-state index contributed by atoms with van der Waals surface area (Å²) in [6, 6.07) is 6.78. The van der Waals surface area contributed by atoms with Crippen LogP contribution in [0.2, 0.25) is 0 Å². The molecule has 4 heteroatoms. The summed E-state index contributed by atoms with van der Waals surface area (Å²) < 4.78 is 0. The number of hydrogen-bond acceptors (Lipinski definition) is 3. The van der Waals surface area contributed by atoms with Gasteiger partial charge in [-0.3, -0.25) is 4.79 Å². The number of likely N-dealkylation sites (N-methyl/N-ethyl adjacent to an activating group) is 1. The Morgan fingerprint density at radius 2 is 2.35 bits per heavy atom. The van der Waals surface area contributed by atoms with Crippen LogP contribution in [0.25, 0.3) is 0 Å². The van der Waals surface area contributed by atoms with E-state index in [0.717, 1.165) is 18.5 Å². The summed E-state index contributed by atoms with van der Waals surface area (Å²) in [5, 5.41) is 3.46. The molecule has 0 saturated heterocycles. The number of carbonyl (C=O) groups is 1. The van der Waals surface area contributed by atoms with E-state index in [1.165, 1.54) is 11.3 Å². The molecule has 1 aliphatic heterocycles. The van der Waals surface area contributed by atoms with Crippen molar-refractivity contribution in [2.24, 2.45) is 5.73 Å². The number of nitrogens with zero attached hydrogens (tertiary/aromatic N) is 1. The smallest absolute Gasteiger partial charge is 0.236 e. The van der Waals surface area contributed by atoms with Crippen LogP contribution in [0, 0.1) is 0 Å². The summed E-state index contributed by atoms with van der Waals surface area (Å²) in [4.78, 5) is 12.8. The number of nitrogens with two attached hydrogens (primary N) is 1. The Morgan fingerprint density at radius 1 is 1.59 bits per heavy atom. The van der Waals surface area contributed by atoms with Gasteiger partial charge in [0.1, 0.15) is 0 Å². The molecule has 0 bridgehead atoms. The fourth-order valence-electron chi connectivity index (χ4n) is 2.20. The van der Waals surface area contributed by atoms with Crippen LogP contribution in [0.1, 0.15) is 18.9 Å². The molecule has 0 spiro atoms. The van der Waals surface area contributed by atoms with Crippen LogP contribution >= 0.6 is 0 Å². The number of benzene rings is 1. The number of rotatable bonds is 3. The Morgan fingerprint density at radius 3 is 3.06 bits per heavy atom. The lowest BCUT2D eigenvalue weighted by Gasteiger charge is -2.26. The van der Waals surface area contributed by atoms with E-state index >= 15 is 0 Å². The topological polar surface area (TPSA) is 58.4 Å². The van der Waals surface area contributed by atoms with Crippen molar-refractivity contribution in [3.8, 4) is 0 Å². The van der Waals surface area contributed by atoms with Gasteiger partial charge in [0.25, 0.3) is 0 Å². The van der Waals surface area contributed by atoms with E-state index in [0.29, 0.717) is 6.04 Å². The summed E-state index contributed by atoms with van der Waals surface area (Å²) in [6.07, 6.45) is 2.23. The number of aryl methyl sites for hydroxylation is 1. The minimum absolute atomic E-state index is 0.253. The van der Waals surface area contributed by atoms with E-state index in [1.807, 2.05) is 18.0 Å². The normalized spacial score (nSPS) is 18.1. The van der Waals surface area contributed by atoms with Crippen molar-refractivity contribution in [3.05, 3.63) is 23.8 Å². The molecule has 4 nitrogen and oxygen atoms in total. The van der Waals surface area contributed by atoms with Crippen molar-refractivity contribution in [2.75, 3.05) is 23.8 Å². The first-order valence-corrected chi connectivity index (χ1v) is 5.95. The highest BCUT2D eigenvalue weighted by Gasteiger charge is 2.15. The van der Waals surface area contributed by atoms with Gasteiger partial charge < -0.3 is 16.0 Å². The Hall–Kier alpha value is -1.71. The molecule has 0 radical (unpaired) electrons. The van der Waals surface area contributed by atoms with Gasteiger partial charge in [0.2, 0.25) is 5.91 Å². The van der Waals surface area contributed by atoms with E-state index in [-0.39, 0.29) is 12.5 Å². The predicted octanol–water partition coefficient (Wildman–Crippen LogP) is 1.35. The maximum atomic E-state index is 10.9. The quantitative estimate of drug-likeness (QED) is 0.828. The molecule has 92 valence electrons. The van der Waals surface area contributed by atoms with Gasteiger partial charge in [0.15, 0.2) is 0 Å². The maximum Gasteiger partial charge on any atom is 0.236 e. The van der Waals surface area contributed by atoms with Crippen LogP contribution in [0.3, 0.4) is 0 Å². The number of carbonyl (C=O) groups excluding carboxylic acids is 1. The molecule has 1 atom stereocenters. The van der Waals surface area contributed by atoms with Gasteiger partial charge in [0.05, 0.1) is 6.54 Å². The van der Waals surface area contributed by atoms with Gasteiger partial charge in [-0.25, -0.2) is 0 Å². The second kappa shape index (κ2) is 4.65. The third-order valence-electron chi connectivity index (χ3n) is 3.17. The van der Waals surface area contributed by atoms with Gasteiger partial charge in [-0.1, -0.05) is 0 Å². The molecule has 1 aromatic rings. The molecule has 17 heavy (non-hydrogen) atoms. The molecule has 0 saturated carbocycles. The molecule has 1 heterocycles. The first-order valence-electron chi connectivity index (χ1n) is 5.95. The van der Waals surface area contributed by atoms with E-state index in [1.54, 1.807) is 0 Å². The summed E-state index contributed by atoms with van der Waals surface area (Å²) in [5.74, 6) is -0.308. The third-order valence-corrected chi connectivity index (χ3v) is 3.17. The number of nitrogens with one attached hydrogen (secondary N) is 1. The van der Waals surface area contributed by atoms with Gasteiger partial charge in [-0.15, -0.1) is 0 Å². The monoisotopic (exact) mass is 233 g/mol. The molecular formula is C13H19N3O. The molecule has 1 amide bonds. The average molecular weight is 233 g/mol. The van der Waals surface area contributed by atoms with Gasteiger partial charge in [-0.2, -0.15) is 0 Å². The minimum atomic E-state index is -0.308. The lowest BCUT2D eigenvalue weighted by Crippen LogP contribution is -2.30. The van der Waals surface area contributed by atoms with Crippen LogP contribution in [0.5, 0.6) is 0 Å². The highest BCUT2D eigenvalue weighted by atomic mass is 16.1. The van der Waals surface area contributed by atoms with Gasteiger partial charge >= 0.3 is 0 Å². The largest absolute Gasteiger partial charge is 0.382 e. The number of anilines is 2. The molecule has 0 aromatic heterocycles. The summed E-state index contributed by atoms with van der Waals surface area (Å²) >= 11 is 0. The minimum Gasteiger partial charge on any atom is -0.382 e. The zero-order chi connectivity index (χ0) is 12.4. The maximum absolute atomic E-state index is 10.9. The number of fused-ring (bicyclic) bond motifs is 1. The van der Waals surface area contributed by atoms with Crippen LogP contribution in [0.4, 0.5) is 11.4 Å². The average Bonchev–Trinajstić information content (AvgIpc) is 2.27. The lowest BCUT2D eigenvalue weighted by atomic mass is 9.98. The van der Waals surface area contributed by atoms with Gasteiger partial charge in [0, 0.05) is 24.5 Å². The van der Waals surface area contributed by atoms with E-state index in [9.17, 15) is 4.79 Å². The van der Waals surface area contributed by atoms with E-state index < -0.39 is 0 Å². The van der Waals surface area contributed by atoms with Crippen LogP contribution < -0.4 is 16.0 Å². The summed E-state index contributed by atoms with van der Waals surface area (Å²) in [7, 11) is 1.88. The first-order chi connectivity index (χ1) is 8.06. The highest BCUT2D eigenvalue weighted by Crippen LogP contribution is 2.28. The van der Waals surface area contributed by atoms with E-state index in [4.69, 9.17) is 5.73 Å². The number of amides is 1. The summed E-state index contributed by atoms with van der Waals surface area (Å²) in [5.41, 5.74) is 8.76. The summed E-state index contributed by atoms with van der Waals surface area (Å²) in [6.45, 7) is 2.44. The van der Waals surface area contributed by atoms with Crippen molar-refractivity contribution in [2.45, 2.75) is 25.8 Å². The van der Waals surface area contributed by atoms with Crippen LogP contribution in [0.15, 0.2) is 18.2 Å². The zero-order valence-corrected chi connectivity index (χ0v) is 10.4. The second-order valence-electron chi connectivity index (χ2n) is 4.75. The molecule has 3 N–H and O–H groups in total. The molecule has 0 aliphatic carbocycles. The Balaban J connectivity index is 2.19. The van der Waals surface area contributed by atoms with E-state index in [2.05, 4.69) is 24.4 Å². The van der Waals surface area contributed by atoms with Crippen molar-refractivity contribution in [1.29, 1.82) is 0 Å². The van der Waals surface area contributed by atoms with Crippen molar-refractivity contribution >= 4 is 17.3 Å². The third kappa shape index (κ3) is 2.70. The standard InChI is InChI=1S/C13H19N3O/c1-9-3-4-10-7-11(5-6-12(10)15-9)16(2)8-13(14)17/h5-7,9,15H,3-4,8H2,1-2H3,(H2,14,17). The fraction of sp³-hybridized carbons (Fsp3) is 0.462. The number of hydrogen-bond donors (Lipinski definition) is 2. The van der Waals surface area contributed by atoms with Gasteiger partial charge in [-0.05, 0) is 43.5 Å². The van der Waals surface area contributed by atoms with Crippen molar-refractivity contribution in [1.82, 2.24) is 0 Å². The molecule has 1 aromatic carbocycles. The zero-order valence-electron chi connectivity index (χ0n) is 10.4. The molecule has 0 fully saturated rings. The van der Waals surface area contributed by atoms with Crippen LogP contribution in [-0.2, 0) is 11.2 Å². The predicted molar refractivity (Wildman–Crippen MR) is 70.3 cm³/mol. The van der Waals surface area contributed by atoms with Crippen LogP contribution in [-0.4, -0.2) is 25.5 Å². The molecule has 1 aliphatic rings. The molecule has 2 rings (SSSR count). The Kier molecular flexibility index (Phi) is 3.22. The van der Waals surface area contributed by atoms with Crippen molar-refractivity contribution < 1.29 is 4.79 Å². The van der Waals surface area contributed by atoms with Crippen molar-refractivity contribution in [3.63, 3.8) is 0 Å². The fourth-order valence-corrected chi connectivity index (χ4v) is 2.20. The molecular weight excluding hydrogens is 214 g/mol. The second-order valence-corrected chi connectivity index (χ2v) is 4.75. The first kappa shape index (κ1) is 11.8. The lowest BCUT2D eigenvalue weighted by molar-refractivity contribution is -0.116. The Bertz CT molecular complexity index is 431. The number of primary amides is 1. The molecule has 1 unspecified atom stereocenters. The highest BCUT2D eigenvalue weighted by molar-refractivity contribution is 5.79. The SMILES string of the molecule is CC1CCc2cc(N(C)CC(N)=O)ccc2N1.